The lowest BCUT2D eigenvalue weighted by atomic mass is 9.86. The van der Waals surface area contributed by atoms with Crippen LogP contribution in [0.4, 0.5) is 0 Å². The minimum atomic E-state index is -0.186. The average Bonchev–Trinajstić information content (AvgIpc) is 2.35. The fourth-order valence-electron chi connectivity index (χ4n) is 2.30. The van der Waals surface area contributed by atoms with Crippen molar-refractivity contribution in [3.63, 3.8) is 0 Å². The first-order valence-corrected chi connectivity index (χ1v) is 6.10. The maximum atomic E-state index is 11.8. The average molecular weight is 237 g/mol. The molecule has 2 unspecified atom stereocenters. The number of ether oxygens (including phenoxy) is 1. The number of hydrogen-bond acceptors (Lipinski definition) is 4. The van der Waals surface area contributed by atoms with E-state index in [2.05, 4.69) is 4.98 Å². The Kier molecular flexibility index (Phi) is 3.78. The molecule has 0 aromatic carbocycles. The fourth-order valence-corrected chi connectivity index (χ4v) is 2.30. The van der Waals surface area contributed by atoms with E-state index in [1.807, 2.05) is 0 Å². The number of hydrogen-bond donors (Lipinski definition) is 1. The minimum absolute atomic E-state index is 0.0383. The summed E-state index contributed by atoms with van der Waals surface area (Å²) in [4.78, 5) is 15.8. The summed E-state index contributed by atoms with van der Waals surface area (Å²) in [6.07, 6.45) is 7.61. The lowest BCUT2D eigenvalue weighted by molar-refractivity contribution is 0.0900. The van der Waals surface area contributed by atoms with Crippen molar-refractivity contribution in [3.8, 4) is 5.88 Å². The van der Waals surface area contributed by atoms with Gasteiger partial charge in [0.25, 0.3) is 5.88 Å². The van der Waals surface area contributed by atoms with Crippen LogP contribution in [-0.2, 0) is 7.05 Å². The van der Waals surface area contributed by atoms with Crippen molar-refractivity contribution < 1.29 is 4.74 Å². The largest absolute Gasteiger partial charge is 0.470 e. The second kappa shape index (κ2) is 5.31. The summed E-state index contributed by atoms with van der Waals surface area (Å²) in [5, 5.41) is 0. The topological polar surface area (TPSA) is 70.1 Å². The Hall–Kier alpha value is -1.36. The highest BCUT2D eigenvalue weighted by atomic mass is 16.5. The van der Waals surface area contributed by atoms with Gasteiger partial charge >= 0.3 is 5.56 Å². The molecule has 5 heteroatoms. The molecule has 94 valence electrons. The van der Waals surface area contributed by atoms with E-state index in [1.165, 1.54) is 11.0 Å². The monoisotopic (exact) mass is 237 g/mol. The number of nitrogens with zero attached hydrogens (tertiary/aromatic N) is 2. The van der Waals surface area contributed by atoms with Gasteiger partial charge in [0.2, 0.25) is 0 Å². The van der Waals surface area contributed by atoms with Gasteiger partial charge in [0.15, 0.2) is 0 Å². The lowest BCUT2D eigenvalue weighted by Gasteiger charge is -2.30. The van der Waals surface area contributed by atoms with Crippen LogP contribution in [0.5, 0.6) is 5.88 Å². The molecule has 2 atom stereocenters. The summed E-state index contributed by atoms with van der Waals surface area (Å²) in [7, 11) is 1.69. The standard InChI is InChI=1S/C12H19N3O2/c1-15-7-6-14-11(12(15)16)17-10-5-3-2-4-9(10)8-13/h6-7,9-10H,2-5,8,13H2,1H3. The molecule has 1 aromatic rings. The summed E-state index contributed by atoms with van der Waals surface area (Å²) >= 11 is 0. The Labute approximate surface area is 101 Å². The molecule has 17 heavy (non-hydrogen) atoms. The van der Waals surface area contributed by atoms with Gasteiger partial charge in [-0.05, 0) is 25.8 Å². The van der Waals surface area contributed by atoms with Crippen molar-refractivity contribution in [1.29, 1.82) is 0 Å². The first kappa shape index (κ1) is 12.1. The Morgan fingerprint density at radius 3 is 3.06 bits per heavy atom. The van der Waals surface area contributed by atoms with Gasteiger partial charge in [-0.1, -0.05) is 6.42 Å². The maximum Gasteiger partial charge on any atom is 0.313 e. The number of aromatic nitrogens is 2. The quantitative estimate of drug-likeness (QED) is 0.839. The van der Waals surface area contributed by atoms with Crippen molar-refractivity contribution in [3.05, 3.63) is 22.7 Å². The van der Waals surface area contributed by atoms with E-state index in [4.69, 9.17) is 10.5 Å². The van der Waals surface area contributed by atoms with Gasteiger partial charge in [-0.25, -0.2) is 4.98 Å². The molecule has 0 amide bonds. The van der Waals surface area contributed by atoms with Crippen molar-refractivity contribution in [2.45, 2.75) is 31.8 Å². The maximum absolute atomic E-state index is 11.8. The number of nitrogens with two attached hydrogens (primary N) is 1. The molecule has 1 aromatic heterocycles. The van der Waals surface area contributed by atoms with Crippen LogP contribution in [0.3, 0.4) is 0 Å². The van der Waals surface area contributed by atoms with Gasteiger partial charge in [-0.15, -0.1) is 0 Å². The molecule has 5 nitrogen and oxygen atoms in total. The highest BCUT2D eigenvalue weighted by molar-refractivity contribution is 5.05. The molecule has 0 spiro atoms. The first-order valence-electron chi connectivity index (χ1n) is 6.10. The highest BCUT2D eigenvalue weighted by Gasteiger charge is 2.26. The minimum Gasteiger partial charge on any atom is -0.470 e. The molecule has 1 aliphatic carbocycles. The Balaban J connectivity index is 2.14. The molecule has 1 saturated carbocycles. The third-order valence-electron chi connectivity index (χ3n) is 3.39. The molecule has 1 heterocycles. The van der Waals surface area contributed by atoms with Gasteiger partial charge in [0.05, 0.1) is 0 Å². The Morgan fingerprint density at radius 2 is 2.29 bits per heavy atom. The molecule has 1 aliphatic rings. The summed E-state index contributed by atoms with van der Waals surface area (Å²) in [5.41, 5.74) is 5.55. The molecule has 0 aliphatic heterocycles. The van der Waals surface area contributed by atoms with Crippen molar-refractivity contribution in [1.82, 2.24) is 9.55 Å². The first-order chi connectivity index (χ1) is 8.22. The van der Waals surface area contributed by atoms with Gasteiger partial charge in [-0.3, -0.25) is 4.79 Å². The predicted molar refractivity (Wildman–Crippen MR) is 64.9 cm³/mol. The summed E-state index contributed by atoms with van der Waals surface area (Å²) < 4.78 is 7.22. The van der Waals surface area contributed by atoms with Crippen LogP contribution in [0, 0.1) is 5.92 Å². The number of aryl methyl sites for hydroxylation is 1. The van der Waals surface area contributed by atoms with Gasteiger partial charge in [-0.2, -0.15) is 0 Å². The Morgan fingerprint density at radius 1 is 1.53 bits per heavy atom. The third-order valence-corrected chi connectivity index (χ3v) is 3.39. The van der Waals surface area contributed by atoms with Crippen LogP contribution < -0.4 is 16.0 Å². The van der Waals surface area contributed by atoms with E-state index in [0.29, 0.717) is 12.5 Å². The molecule has 2 N–H and O–H groups in total. The molecule has 0 saturated heterocycles. The van der Waals surface area contributed by atoms with Gasteiger partial charge < -0.3 is 15.0 Å². The van der Waals surface area contributed by atoms with Crippen molar-refractivity contribution in [2.75, 3.05) is 6.54 Å². The summed E-state index contributed by atoms with van der Waals surface area (Å²) in [6.45, 7) is 0.609. The van der Waals surface area contributed by atoms with Crippen LogP contribution in [0.15, 0.2) is 17.2 Å². The lowest BCUT2D eigenvalue weighted by Crippen LogP contribution is -2.37. The Bertz CT molecular complexity index is 430. The van der Waals surface area contributed by atoms with E-state index < -0.39 is 0 Å². The van der Waals surface area contributed by atoms with Crippen LogP contribution in [0.25, 0.3) is 0 Å². The fraction of sp³-hybridized carbons (Fsp3) is 0.667. The van der Waals surface area contributed by atoms with Crippen LogP contribution >= 0.6 is 0 Å². The van der Waals surface area contributed by atoms with Crippen molar-refractivity contribution >= 4 is 0 Å². The second-order valence-electron chi connectivity index (χ2n) is 4.58. The zero-order chi connectivity index (χ0) is 12.3. The second-order valence-corrected chi connectivity index (χ2v) is 4.58. The van der Waals surface area contributed by atoms with E-state index in [0.717, 1.165) is 19.3 Å². The summed E-state index contributed by atoms with van der Waals surface area (Å²) in [6, 6.07) is 0. The van der Waals surface area contributed by atoms with Gasteiger partial charge in [0.1, 0.15) is 6.10 Å². The van der Waals surface area contributed by atoms with Crippen molar-refractivity contribution in [2.24, 2.45) is 18.7 Å². The smallest absolute Gasteiger partial charge is 0.313 e. The molecule has 0 radical (unpaired) electrons. The molecule has 2 rings (SSSR count). The molecular weight excluding hydrogens is 218 g/mol. The summed E-state index contributed by atoms with van der Waals surface area (Å²) in [5.74, 6) is 0.538. The van der Waals surface area contributed by atoms with Crippen LogP contribution in [0.2, 0.25) is 0 Å². The zero-order valence-electron chi connectivity index (χ0n) is 10.1. The van der Waals surface area contributed by atoms with E-state index in [9.17, 15) is 4.79 Å². The molecule has 1 fully saturated rings. The SMILES string of the molecule is Cn1ccnc(OC2CCCCC2CN)c1=O. The van der Waals surface area contributed by atoms with E-state index in [-0.39, 0.29) is 17.5 Å². The van der Waals surface area contributed by atoms with Gasteiger partial charge in [0, 0.05) is 25.4 Å². The zero-order valence-corrected chi connectivity index (χ0v) is 10.1. The van der Waals surface area contributed by atoms with Crippen LogP contribution in [-0.4, -0.2) is 22.2 Å². The van der Waals surface area contributed by atoms with Crippen LogP contribution in [0.1, 0.15) is 25.7 Å². The van der Waals surface area contributed by atoms with E-state index >= 15 is 0 Å². The normalized spacial score (nSPS) is 24.6. The third kappa shape index (κ3) is 2.66. The predicted octanol–water partition coefficient (Wildman–Crippen LogP) is 0.677. The highest BCUT2D eigenvalue weighted by Crippen LogP contribution is 2.26. The molecular formula is C12H19N3O2. The molecule has 0 bridgehead atoms. The number of rotatable bonds is 3. The van der Waals surface area contributed by atoms with E-state index in [1.54, 1.807) is 19.4 Å².